The minimum absolute atomic E-state index is 1.17. The Morgan fingerprint density at radius 1 is 0.171 bits per heavy atom. The lowest BCUT2D eigenvalue weighted by Crippen LogP contribution is -1.95. The van der Waals surface area contributed by atoms with Crippen LogP contribution in [-0.4, -0.2) is 9.13 Å². The van der Waals surface area contributed by atoms with E-state index in [1.165, 1.54) is 163 Å². The predicted molar refractivity (Wildman–Crippen MR) is 326 cm³/mol. The smallest absolute Gasteiger partial charge is 0.0541 e. The molecule has 0 fully saturated rings. The number of nitrogens with zero attached hydrogens (tertiary/aromatic N) is 2. The van der Waals surface area contributed by atoms with Crippen molar-refractivity contribution in [1.29, 1.82) is 0 Å². The second-order valence-electron chi connectivity index (χ2n) is 20.7. The molecule has 0 aliphatic heterocycles. The molecule has 17 rings (SSSR count). The summed E-state index contributed by atoms with van der Waals surface area (Å²) in [5, 5.41) is 25.3. The third kappa shape index (κ3) is 5.76. The Morgan fingerprint density at radius 3 is 0.776 bits per heavy atom. The van der Waals surface area contributed by atoms with Crippen LogP contribution in [0.2, 0.25) is 0 Å². The average molecular weight is 961 g/mol. The molecule has 2 aromatic heterocycles. The van der Waals surface area contributed by atoms with E-state index in [1.54, 1.807) is 0 Å². The molecule has 0 atom stereocenters. The van der Waals surface area contributed by atoms with Gasteiger partial charge in [-0.15, -0.1) is 0 Å². The highest BCUT2D eigenvalue weighted by atomic mass is 15.0. The van der Waals surface area contributed by atoms with E-state index in [9.17, 15) is 0 Å². The first-order valence-electron chi connectivity index (χ1n) is 26.4. The normalized spacial score (nSPS) is 12.2. The van der Waals surface area contributed by atoms with Gasteiger partial charge in [-0.05, 0) is 169 Å². The fourth-order valence-corrected chi connectivity index (χ4v) is 13.6. The molecule has 2 nitrogen and oxygen atoms in total. The number of hydrogen-bond donors (Lipinski definition) is 0. The van der Waals surface area contributed by atoms with Crippen LogP contribution in [-0.2, 0) is 0 Å². The van der Waals surface area contributed by atoms with E-state index in [0.29, 0.717) is 0 Å². The lowest BCUT2D eigenvalue weighted by Gasteiger charge is -2.18. The van der Waals surface area contributed by atoms with E-state index in [4.69, 9.17) is 0 Å². The quantitative estimate of drug-likeness (QED) is 0.156. The highest BCUT2D eigenvalue weighted by Gasteiger charge is 2.21. The van der Waals surface area contributed by atoms with Crippen molar-refractivity contribution in [2.45, 2.75) is 0 Å². The van der Waals surface area contributed by atoms with Crippen molar-refractivity contribution in [2.75, 3.05) is 0 Å². The van der Waals surface area contributed by atoms with E-state index in [1.807, 2.05) is 0 Å². The van der Waals surface area contributed by atoms with Crippen LogP contribution in [0.25, 0.3) is 163 Å². The summed E-state index contributed by atoms with van der Waals surface area (Å²) in [7, 11) is 0. The van der Waals surface area contributed by atoms with Crippen molar-refractivity contribution in [3.63, 3.8) is 0 Å². The molecule has 0 spiro atoms. The van der Waals surface area contributed by atoms with Crippen LogP contribution >= 0.6 is 0 Å². The van der Waals surface area contributed by atoms with E-state index in [0.717, 1.165) is 0 Å². The minimum atomic E-state index is 1.17. The lowest BCUT2D eigenvalue weighted by atomic mass is 9.86. The summed E-state index contributed by atoms with van der Waals surface area (Å²) in [6.07, 6.45) is 0. The van der Waals surface area contributed by atoms with Crippen LogP contribution in [0, 0.1) is 0 Å². The number of hydrogen-bond acceptors (Lipinski definition) is 0. The summed E-state index contributed by atoms with van der Waals surface area (Å²) in [6, 6.07) is 99.7. The predicted octanol–water partition coefficient (Wildman–Crippen LogP) is 20.4. The molecule has 0 saturated heterocycles. The Balaban J connectivity index is 0.834. The van der Waals surface area contributed by atoms with Crippen LogP contribution in [0.15, 0.2) is 267 Å². The molecule has 76 heavy (non-hydrogen) atoms. The molecule has 350 valence electrons. The summed E-state index contributed by atoms with van der Waals surface area (Å²) in [6.45, 7) is 0. The molecule has 17 aromatic rings. The average Bonchev–Trinajstić information content (AvgIpc) is 4.02. The highest BCUT2D eigenvalue weighted by molar-refractivity contribution is 6.35. The molecular weight excluding hydrogens is 917 g/mol. The molecule has 2 heteroatoms. The third-order valence-electron chi connectivity index (χ3n) is 16.8. The number of para-hydroxylation sites is 4. The molecule has 0 N–H and O–H groups in total. The second kappa shape index (κ2) is 15.7. The minimum Gasteiger partial charge on any atom is -0.309 e. The van der Waals surface area contributed by atoms with Gasteiger partial charge in [-0.25, -0.2) is 0 Å². The van der Waals surface area contributed by atoms with Gasteiger partial charge in [-0.3, -0.25) is 0 Å². The fourth-order valence-electron chi connectivity index (χ4n) is 13.6. The molecule has 0 radical (unpaired) electrons. The van der Waals surface area contributed by atoms with Crippen LogP contribution in [0.5, 0.6) is 0 Å². The first-order chi connectivity index (χ1) is 37.7. The van der Waals surface area contributed by atoms with Crippen LogP contribution < -0.4 is 0 Å². The van der Waals surface area contributed by atoms with Crippen molar-refractivity contribution in [3.05, 3.63) is 267 Å². The molecule has 15 aromatic carbocycles. The fraction of sp³-hybridized carbons (Fsp3) is 0. The van der Waals surface area contributed by atoms with Gasteiger partial charge < -0.3 is 9.13 Å². The maximum absolute atomic E-state index is 2.46. The van der Waals surface area contributed by atoms with Crippen molar-refractivity contribution in [3.8, 4) is 33.6 Å². The molecule has 0 bridgehead atoms. The Morgan fingerprint density at radius 2 is 0.434 bits per heavy atom. The van der Waals surface area contributed by atoms with E-state index >= 15 is 0 Å². The maximum atomic E-state index is 2.46. The largest absolute Gasteiger partial charge is 0.309 e. The molecule has 0 aliphatic rings. The summed E-state index contributed by atoms with van der Waals surface area (Å²) in [5.74, 6) is 0. The number of rotatable bonds is 4. The Labute approximate surface area is 437 Å². The Bertz CT molecular complexity index is 4900. The van der Waals surface area contributed by atoms with Gasteiger partial charge in [-0.2, -0.15) is 0 Å². The first kappa shape index (κ1) is 41.5. The van der Waals surface area contributed by atoms with Gasteiger partial charge in [0.15, 0.2) is 0 Å². The van der Waals surface area contributed by atoms with E-state index in [-0.39, 0.29) is 0 Å². The zero-order chi connectivity index (χ0) is 49.6. The van der Waals surface area contributed by atoms with Crippen LogP contribution in [0.3, 0.4) is 0 Å². The van der Waals surface area contributed by atoms with Crippen molar-refractivity contribution in [1.82, 2.24) is 9.13 Å². The third-order valence-corrected chi connectivity index (χ3v) is 16.8. The summed E-state index contributed by atoms with van der Waals surface area (Å²) in [5.41, 5.74) is 12.1. The summed E-state index contributed by atoms with van der Waals surface area (Å²) >= 11 is 0. The van der Waals surface area contributed by atoms with Gasteiger partial charge in [0.1, 0.15) is 0 Å². The van der Waals surface area contributed by atoms with Gasteiger partial charge >= 0.3 is 0 Å². The topological polar surface area (TPSA) is 9.86 Å². The monoisotopic (exact) mass is 960 g/mol. The van der Waals surface area contributed by atoms with E-state index in [2.05, 4.69) is 276 Å². The van der Waals surface area contributed by atoms with Gasteiger partial charge in [0.2, 0.25) is 0 Å². The summed E-state index contributed by atoms with van der Waals surface area (Å²) in [4.78, 5) is 0. The molecule has 0 amide bonds. The molecule has 0 saturated carbocycles. The van der Waals surface area contributed by atoms with E-state index < -0.39 is 0 Å². The standard InChI is InChI=1S/C74H44N2/c1-3-19-51-49(17-1)65-41-47(75-69-29-13-9-23-55(69)56-24-10-14-30-70(56)75)37-39-61(65)73-59-27-7-5-21-53(59)63(43-67(51)73)45-33-35-46(36-34-45)64-44-68-52-20-4-2-18-50(52)66-42-48(38-40-62(66)74(68)60-28-8-6-22-54(60)64)76-71-31-15-11-25-57(71)58-26-12-16-32-72(58)76/h1-44H. The molecule has 2 heterocycles. The van der Waals surface area contributed by atoms with Crippen molar-refractivity contribution < 1.29 is 0 Å². The zero-order valence-electron chi connectivity index (χ0n) is 41.3. The SMILES string of the molecule is c1ccc2c(c1)c(-c1ccc(-c3cc4c5ccccc5c5cc(-n6c7ccccc7c7ccccc76)ccc5c4c4ccccc34)cc1)cc1c3ccccc3c3cc(-n4c5ccccc5c5ccccc54)ccc3c21. The van der Waals surface area contributed by atoms with Gasteiger partial charge in [0.05, 0.1) is 22.1 Å². The van der Waals surface area contributed by atoms with Gasteiger partial charge in [0, 0.05) is 32.9 Å². The Hall–Kier alpha value is -10.0. The lowest BCUT2D eigenvalue weighted by molar-refractivity contribution is 1.19. The number of aromatic nitrogens is 2. The van der Waals surface area contributed by atoms with Gasteiger partial charge in [-0.1, -0.05) is 206 Å². The van der Waals surface area contributed by atoms with Crippen LogP contribution in [0.1, 0.15) is 0 Å². The molecule has 0 aliphatic carbocycles. The second-order valence-corrected chi connectivity index (χ2v) is 20.7. The molecular formula is C74H44N2. The van der Waals surface area contributed by atoms with Gasteiger partial charge in [0.25, 0.3) is 0 Å². The highest BCUT2D eigenvalue weighted by Crippen LogP contribution is 2.47. The van der Waals surface area contributed by atoms with Crippen molar-refractivity contribution >= 4 is 130 Å². The zero-order valence-corrected chi connectivity index (χ0v) is 41.3. The number of benzene rings is 15. The Kier molecular flexibility index (Phi) is 8.59. The van der Waals surface area contributed by atoms with Crippen LogP contribution in [0.4, 0.5) is 0 Å². The maximum Gasteiger partial charge on any atom is 0.0541 e. The molecule has 0 unspecified atom stereocenters. The van der Waals surface area contributed by atoms with Crippen molar-refractivity contribution in [2.24, 2.45) is 0 Å². The first-order valence-corrected chi connectivity index (χ1v) is 26.4. The summed E-state index contributed by atoms with van der Waals surface area (Å²) < 4.78 is 4.87. The number of fused-ring (bicyclic) bond motifs is 22.